The van der Waals surface area contributed by atoms with Gasteiger partial charge in [0, 0.05) is 39.5 Å². The quantitative estimate of drug-likeness (QED) is 0.783. The standard InChI is InChI=1S/C18H29N5O2.2ClH/c1-22(17(24)18(14-25-2)7-10-19-11-8-18)15-5-4-12-23(13-15)16-6-3-9-20-21-16;;/h3,6,9,15,19H,4-5,7-8,10-14H2,1-2H3;2*1H. The van der Waals surface area contributed by atoms with E-state index in [1.807, 2.05) is 24.1 Å². The number of likely N-dealkylation sites (N-methyl/N-ethyl adjacent to an activating group) is 1. The number of carbonyl (C=O) groups is 1. The van der Waals surface area contributed by atoms with Gasteiger partial charge < -0.3 is 19.9 Å². The second-order valence-electron chi connectivity index (χ2n) is 7.20. The molecule has 0 saturated carbocycles. The van der Waals surface area contributed by atoms with Crippen LogP contribution in [0.15, 0.2) is 18.3 Å². The fourth-order valence-corrected chi connectivity index (χ4v) is 4.08. The molecule has 0 bridgehead atoms. The van der Waals surface area contributed by atoms with E-state index >= 15 is 0 Å². The van der Waals surface area contributed by atoms with Gasteiger partial charge in [-0.05, 0) is 50.9 Å². The van der Waals surface area contributed by atoms with Crippen molar-refractivity contribution in [1.82, 2.24) is 20.4 Å². The van der Waals surface area contributed by atoms with E-state index in [0.29, 0.717) is 6.61 Å². The first-order valence-electron chi connectivity index (χ1n) is 9.16. The molecule has 1 N–H and O–H groups in total. The van der Waals surface area contributed by atoms with Gasteiger partial charge in [0.05, 0.1) is 12.0 Å². The number of anilines is 1. The summed E-state index contributed by atoms with van der Waals surface area (Å²) in [6.45, 7) is 4.02. The third kappa shape index (κ3) is 5.44. The minimum Gasteiger partial charge on any atom is -0.384 e. The van der Waals surface area contributed by atoms with Gasteiger partial charge in [-0.15, -0.1) is 29.9 Å². The van der Waals surface area contributed by atoms with Crippen molar-refractivity contribution in [2.45, 2.75) is 31.7 Å². The molecule has 154 valence electrons. The fraction of sp³-hybridized carbons (Fsp3) is 0.722. The van der Waals surface area contributed by atoms with Crippen LogP contribution in [0.5, 0.6) is 0 Å². The molecule has 1 atom stereocenters. The zero-order valence-electron chi connectivity index (χ0n) is 16.1. The molecule has 1 unspecified atom stereocenters. The lowest BCUT2D eigenvalue weighted by molar-refractivity contribution is -0.148. The predicted octanol–water partition coefficient (Wildman–Crippen LogP) is 1.76. The number of piperidine rings is 2. The summed E-state index contributed by atoms with van der Waals surface area (Å²) in [7, 11) is 3.64. The summed E-state index contributed by atoms with van der Waals surface area (Å²) in [5, 5.41) is 11.5. The summed E-state index contributed by atoms with van der Waals surface area (Å²) in [6.07, 6.45) is 5.44. The first-order valence-corrected chi connectivity index (χ1v) is 9.16. The van der Waals surface area contributed by atoms with Gasteiger partial charge in [0.1, 0.15) is 0 Å². The minimum absolute atomic E-state index is 0. The largest absolute Gasteiger partial charge is 0.384 e. The van der Waals surface area contributed by atoms with Crippen LogP contribution in [0.2, 0.25) is 0 Å². The fourth-order valence-electron chi connectivity index (χ4n) is 4.08. The van der Waals surface area contributed by atoms with Crippen molar-refractivity contribution >= 4 is 36.5 Å². The molecular formula is C18H31Cl2N5O2. The van der Waals surface area contributed by atoms with E-state index < -0.39 is 0 Å². The van der Waals surface area contributed by atoms with Crippen molar-refractivity contribution in [1.29, 1.82) is 0 Å². The Bertz CT molecular complexity index is 567. The van der Waals surface area contributed by atoms with Gasteiger partial charge >= 0.3 is 0 Å². The van der Waals surface area contributed by atoms with Crippen molar-refractivity contribution in [2.75, 3.05) is 51.8 Å². The SMILES string of the molecule is COCC1(C(=O)N(C)C2CCCN(c3cccnn3)C2)CCNCC1.Cl.Cl. The van der Waals surface area contributed by atoms with Crippen molar-refractivity contribution in [3.05, 3.63) is 18.3 Å². The number of amides is 1. The highest BCUT2D eigenvalue weighted by molar-refractivity contribution is 5.85. The molecule has 2 aliphatic rings. The zero-order chi connectivity index (χ0) is 17.7. The number of hydrogen-bond acceptors (Lipinski definition) is 6. The zero-order valence-corrected chi connectivity index (χ0v) is 17.7. The number of hydrogen-bond donors (Lipinski definition) is 1. The highest BCUT2D eigenvalue weighted by atomic mass is 35.5. The molecule has 0 aliphatic carbocycles. The summed E-state index contributed by atoms with van der Waals surface area (Å²) in [4.78, 5) is 17.5. The smallest absolute Gasteiger partial charge is 0.231 e. The summed E-state index contributed by atoms with van der Waals surface area (Å²) in [5.74, 6) is 1.11. The van der Waals surface area contributed by atoms with Crippen LogP contribution in [-0.4, -0.2) is 74.0 Å². The number of halogens is 2. The Kier molecular flexibility index (Phi) is 9.73. The molecule has 3 rings (SSSR count). The van der Waals surface area contributed by atoms with Crippen LogP contribution in [-0.2, 0) is 9.53 Å². The average molecular weight is 420 g/mol. The van der Waals surface area contributed by atoms with E-state index in [9.17, 15) is 4.79 Å². The van der Waals surface area contributed by atoms with E-state index in [1.165, 1.54) is 0 Å². The highest BCUT2D eigenvalue weighted by Crippen LogP contribution is 2.33. The third-order valence-electron chi connectivity index (χ3n) is 5.58. The van der Waals surface area contributed by atoms with E-state index in [2.05, 4.69) is 20.4 Å². The average Bonchev–Trinajstić information content (AvgIpc) is 2.68. The molecule has 1 aromatic rings. The minimum atomic E-state index is -0.385. The molecule has 0 radical (unpaired) electrons. The van der Waals surface area contributed by atoms with Crippen molar-refractivity contribution in [3.8, 4) is 0 Å². The second-order valence-corrected chi connectivity index (χ2v) is 7.20. The molecule has 2 saturated heterocycles. The normalized spacial score (nSPS) is 21.6. The van der Waals surface area contributed by atoms with Gasteiger partial charge in [0.25, 0.3) is 0 Å². The maximum Gasteiger partial charge on any atom is 0.231 e. The van der Waals surface area contributed by atoms with Crippen molar-refractivity contribution in [3.63, 3.8) is 0 Å². The predicted molar refractivity (Wildman–Crippen MR) is 111 cm³/mol. The highest BCUT2D eigenvalue weighted by Gasteiger charge is 2.43. The van der Waals surface area contributed by atoms with Crippen LogP contribution in [0.4, 0.5) is 5.82 Å². The lowest BCUT2D eigenvalue weighted by Crippen LogP contribution is -2.56. The van der Waals surface area contributed by atoms with Gasteiger partial charge in [-0.1, -0.05) is 0 Å². The molecule has 0 aromatic carbocycles. The number of carbonyl (C=O) groups excluding carboxylic acids is 1. The molecule has 9 heteroatoms. The van der Waals surface area contributed by atoms with Gasteiger partial charge in [0.2, 0.25) is 5.91 Å². The molecule has 7 nitrogen and oxygen atoms in total. The van der Waals surface area contributed by atoms with Crippen LogP contribution in [0, 0.1) is 5.41 Å². The first-order chi connectivity index (χ1) is 12.2. The van der Waals surface area contributed by atoms with Crippen LogP contribution in [0.25, 0.3) is 0 Å². The lowest BCUT2D eigenvalue weighted by Gasteiger charge is -2.43. The molecule has 2 aliphatic heterocycles. The Balaban J connectivity index is 0.00000182. The Hall–Kier alpha value is -1.15. The van der Waals surface area contributed by atoms with E-state index in [1.54, 1.807) is 13.3 Å². The summed E-state index contributed by atoms with van der Waals surface area (Å²) in [5.41, 5.74) is -0.385. The Morgan fingerprint density at radius 1 is 1.41 bits per heavy atom. The summed E-state index contributed by atoms with van der Waals surface area (Å²) < 4.78 is 5.43. The van der Waals surface area contributed by atoms with Gasteiger partial charge in [0.15, 0.2) is 5.82 Å². The van der Waals surface area contributed by atoms with Crippen LogP contribution in [0.1, 0.15) is 25.7 Å². The second kappa shape index (κ2) is 11.0. The molecule has 1 amide bonds. The third-order valence-corrected chi connectivity index (χ3v) is 5.58. The Morgan fingerprint density at radius 2 is 2.15 bits per heavy atom. The number of nitrogens with one attached hydrogen (secondary N) is 1. The molecule has 2 fully saturated rings. The Labute approximate surface area is 174 Å². The van der Waals surface area contributed by atoms with Crippen molar-refractivity contribution < 1.29 is 9.53 Å². The van der Waals surface area contributed by atoms with Crippen molar-refractivity contribution in [2.24, 2.45) is 5.41 Å². The van der Waals surface area contributed by atoms with Crippen LogP contribution >= 0.6 is 24.8 Å². The van der Waals surface area contributed by atoms with E-state index in [-0.39, 0.29) is 42.2 Å². The lowest BCUT2D eigenvalue weighted by atomic mass is 9.78. The van der Waals surface area contributed by atoms with Gasteiger partial charge in [-0.25, -0.2) is 0 Å². The number of aromatic nitrogens is 2. The van der Waals surface area contributed by atoms with E-state index in [0.717, 1.165) is 57.7 Å². The number of rotatable bonds is 5. The van der Waals surface area contributed by atoms with E-state index in [4.69, 9.17) is 4.74 Å². The number of nitrogens with zero attached hydrogens (tertiary/aromatic N) is 4. The van der Waals surface area contributed by atoms with Crippen LogP contribution in [0.3, 0.4) is 0 Å². The first kappa shape index (κ1) is 23.9. The summed E-state index contributed by atoms with van der Waals surface area (Å²) in [6, 6.07) is 4.09. The number of methoxy groups -OCH3 is 1. The Morgan fingerprint density at radius 3 is 2.78 bits per heavy atom. The van der Waals surface area contributed by atoms with Gasteiger partial charge in [-0.3, -0.25) is 4.79 Å². The molecule has 1 aromatic heterocycles. The molecular weight excluding hydrogens is 389 g/mol. The summed E-state index contributed by atoms with van der Waals surface area (Å²) >= 11 is 0. The number of ether oxygens (including phenoxy) is 1. The maximum absolute atomic E-state index is 13.3. The molecule has 0 spiro atoms. The van der Waals surface area contributed by atoms with Gasteiger partial charge in [-0.2, -0.15) is 5.10 Å². The monoisotopic (exact) mass is 419 g/mol. The van der Waals surface area contributed by atoms with Crippen LogP contribution < -0.4 is 10.2 Å². The molecule has 3 heterocycles. The topological polar surface area (TPSA) is 70.6 Å². The molecule has 27 heavy (non-hydrogen) atoms. The maximum atomic E-state index is 13.3.